The first kappa shape index (κ1) is 26.8. The van der Waals surface area contributed by atoms with Gasteiger partial charge in [0.25, 0.3) is 0 Å². The molecule has 0 bridgehead atoms. The standard InChI is InChI=1S/C11H11ClO4.C11H12O5/c2*12-10(13)7-15-8-11(14)16-6-9-4-2-1-3-5-9/h1-5H,6-8H2;1-5H,6-8H2,(H,12,13). The van der Waals surface area contributed by atoms with Gasteiger partial charge in [-0.25, -0.2) is 14.4 Å². The van der Waals surface area contributed by atoms with Crippen LogP contribution >= 0.6 is 11.6 Å². The van der Waals surface area contributed by atoms with E-state index < -0.39 is 29.8 Å². The minimum absolute atomic E-state index is 0.163. The van der Waals surface area contributed by atoms with Gasteiger partial charge in [0, 0.05) is 0 Å². The number of carbonyl (C=O) groups excluding carboxylic acids is 3. The highest BCUT2D eigenvalue weighted by Crippen LogP contribution is 2.01. The first-order valence-electron chi connectivity index (χ1n) is 9.31. The van der Waals surface area contributed by atoms with E-state index >= 15 is 0 Å². The van der Waals surface area contributed by atoms with Gasteiger partial charge in [0.2, 0.25) is 5.24 Å². The third-order valence-corrected chi connectivity index (χ3v) is 3.48. The number of benzene rings is 2. The molecule has 172 valence electrons. The molecule has 0 spiro atoms. The second-order valence-corrected chi connectivity index (χ2v) is 6.45. The predicted molar refractivity (Wildman–Crippen MR) is 113 cm³/mol. The van der Waals surface area contributed by atoms with Crippen molar-refractivity contribution >= 4 is 34.8 Å². The maximum atomic E-state index is 11.1. The highest BCUT2D eigenvalue weighted by molar-refractivity contribution is 6.63. The van der Waals surface area contributed by atoms with Gasteiger partial charge in [-0.2, -0.15) is 0 Å². The summed E-state index contributed by atoms with van der Waals surface area (Å²) in [7, 11) is 0. The van der Waals surface area contributed by atoms with Crippen LogP contribution in [0, 0.1) is 0 Å². The molecule has 0 atom stereocenters. The Morgan fingerprint density at radius 2 is 1.06 bits per heavy atom. The Labute approximate surface area is 189 Å². The van der Waals surface area contributed by atoms with Crippen LogP contribution in [0.25, 0.3) is 0 Å². The Kier molecular flexibility index (Phi) is 13.7. The van der Waals surface area contributed by atoms with Crippen LogP contribution in [0.5, 0.6) is 0 Å². The van der Waals surface area contributed by atoms with Crippen LogP contribution in [0.4, 0.5) is 0 Å². The lowest BCUT2D eigenvalue weighted by Crippen LogP contribution is -2.16. The monoisotopic (exact) mass is 466 g/mol. The van der Waals surface area contributed by atoms with Crippen LogP contribution in [0.2, 0.25) is 0 Å². The van der Waals surface area contributed by atoms with Gasteiger partial charge in [-0.05, 0) is 22.7 Å². The molecule has 2 rings (SSSR count). The fourth-order valence-corrected chi connectivity index (χ4v) is 2.07. The molecule has 9 nitrogen and oxygen atoms in total. The summed E-state index contributed by atoms with van der Waals surface area (Å²) >= 11 is 5.02. The average molecular weight is 467 g/mol. The van der Waals surface area contributed by atoms with Crippen LogP contribution in [0.1, 0.15) is 11.1 Å². The number of carboxylic acid groups (broad SMARTS) is 1. The van der Waals surface area contributed by atoms with Gasteiger partial charge in [0.05, 0.1) is 0 Å². The van der Waals surface area contributed by atoms with Gasteiger partial charge in [-0.1, -0.05) is 60.7 Å². The van der Waals surface area contributed by atoms with Gasteiger partial charge < -0.3 is 24.1 Å². The summed E-state index contributed by atoms with van der Waals surface area (Å²) in [6, 6.07) is 18.5. The number of rotatable bonds is 12. The molecule has 0 aromatic heterocycles. The first-order valence-corrected chi connectivity index (χ1v) is 9.69. The lowest BCUT2D eigenvalue weighted by Gasteiger charge is -2.04. The van der Waals surface area contributed by atoms with Crippen LogP contribution in [-0.4, -0.2) is 54.7 Å². The zero-order chi connectivity index (χ0) is 23.6. The molecule has 2 aromatic rings. The van der Waals surface area contributed by atoms with E-state index in [1.54, 1.807) is 0 Å². The summed E-state index contributed by atoms with van der Waals surface area (Å²) in [6.45, 7) is -1.05. The number of esters is 2. The second kappa shape index (κ2) is 16.4. The molecule has 2 aromatic carbocycles. The Morgan fingerprint density at radius 3 is 1.44 bits per heavy atom. The van der Waals surface area contributed by atoms with Crippen molar-refractivity contribution < 1.29 is 43.2 Å². The molecular formula is C22H23ClO9. The summed E-state index contributed by atoms with van der Waals surface area (Å²) < 4.78 is 19.0. The fourth-order valence-electron chi connectivity index (χ4n) is 2.00. The lowest BCUT2D eigenvalue weighted by atomic mass is 10.2. The van der Waals surface area contributed by atoms with Crippen molar-refractivity contribution in [3.05, 3.63) is 71.8 Å². The number of aliphatic carboxylic acids is 1. The van der Waals surface area contributed by atoms with Gasteiger partial charge in [0.1, 0.15) is 39.6 Å². The molecule has 32 heavy (non-hydrogen) atoms. The van der Waals surface area contributed by atoms with Crippen LogP contribution in [-0.2, 0) is 51.3 Å². The van der Waals surface area contributed by atoms with E-state index in [0.29, 0.717) is 0 Å². The van der Waals surface area contributed by atoms with Gasteiger partial charge >= 0.3 is 17.9 Å². The van der Waals surface area contributed by atoms with Gasteiger partial charge in [-0.15, -0.1) is 0 Å². The quantitative estimate of drug-likeness (QED) is 0.370. The smallest absolute Gasteiger partial charge is 0.332 e. The highest BCUT2D eigenvalue weighted by Gasteiger charge is 2.06. The predicted octanol–water partition coefficient (Wildman–Crippen LogP) is 2.34. The van der Waals surface area contributed by atoms with Crippen molar-refractivity contribution in [2.45, 2.75) is 13.2 Å². The van der Waals surface area contributed by atoms with Crippen LogP contribution in [0.3, 0.4) is 0 Å². The van der Waals surface area contributed by atoms with Crippen molar-refractivity contribution in [1.29, 1.82) is 0 Å². The molecule has 1 N–H and O–H groups in total. The SMILES string of the molecule is O=C(Cl)COCC(=O)OCc1ccccc1.O=C(O)COCC(=O)OCc1ccccc1. The van der Waals surface area contributed by atoms with Crippen molar-refractivity contribution in [2.75, 3.05) is 26.4 Å². The average Bonchev–Trinajstić information content (AvgIpc) is 2.78. The minimum atomic E-state index is -1.11. The fraction of sp³-hybridized carbons (Fsp3) is 0.273. The zero-order valence-electron chi connectivity index (χ0n) is 17.1. The van der Waals surface area contributed by atoms with E-state index in [2.05, 4.69) is 9.47 Å². The maximum Gasteiger partial charge on any atom is 0.332 e. The van der Waals surface area contributed by atoms with E-state index in [1.807, 2.05) is 60.7 Å². The molecule has 0 aliphatic carbocycles. The Bertz CT molecular complexity index is 769. The Balaban J connectivity index is 0.000000320. The second-order valence-electron chi connectivity index (χ2n) is 6.03. The molecule has 0 saturated carbocycles. The third kappa shape index (κ3) is 14.7. The van der Waals surface area contributed by atoms with E-state index in [0.717, 1.165) is 11.1 Å². The largest absolute Gasteiger partial charge is 0.480 e. The molecule has 0 fully saturated rings. The lowest BCUT2D eigenvalue weighted by molar-refractivity contribution is -0.154. The van der Waals surface area contributed by atoms with Crippen LogP contribution < -0.4 is 0 Å². The van der Waals surface area contributed by atoms with Crippen molar-refractivity contribution in [2.24, 2.45) is 0 Å². The van der Waals surface area contributed by atoms with Crippen LogP contribution in [0.15, 0.2) is 60.7 Å². The summed E-state index contributed by atoms with van der Waals surface area (Å²) in [5.41, 5.74) is 1.76. The Hall–Kier alpha value is -3.27. The highest BCUT2D eigenvalue weighted by atomic mass is 35.5. The van der Waals surface area contributed by atoms with E-state index in [1.165, 1.54) is 0 Å². The summed E-state index contributed by atoms with van der Waals surface area (Å²) in [5, 5.41) is 7.61. The molecule has 0 aliphatic rings. The summed E-state index contributed by atoms with van der Waals surface area (Å²) in [6.07, 6.45) is 0. The van der Waals surface area contributed by atoms with E-state index in [-0.39, 0.29) is 33.0 Å². The third-order valence-electron chi connectivity index (χ3n) is 3.37. The number of hydrogen-bond acceptors (Lipinski definition) is 8. The normalized spacial score (nSPS) is 9.78. The minimum Gasteiger partial charge on any atom is -0.480 e. The molecule has 0 heterocycles. The maximum absolute atomic E-state index is 11.1. The zero-order valence-corrected chi connectivity index (χ0v) is 17.9. The summed E-state index contributed by atoms with van der Waals surface area (Å²) in [5.74, 6) is -2.22. The van der Waals surface area contributed by atoms with Gasteiger partial charge in [-0.3, -0.25) is 4.79 Å². The molecule has 0 amide bonds. The number of carboxylic acids is 1. The Morgan fingerprint density at radius 1 is 0.656 bits per heavy atom. The molecule has 0 radical (unpaired) electrons. The molecular weight excluding hydrogens is 444 g/mol. The number of ether oxygens (including phenoxy) is 4. The first-order chi connectivity index (χ1) is 15.4. The van der Waals surface area contributed by atoms with Gasteiger partial charge in [0.15, 0.2) is 0 Å². The van der Waals surface area contributed by atoms with E-state index in [4.69, 9.17) is 26.2 Å². The topological polar surface area (TPSA) is 125 Å². The molecule has 0 saturated heterocycles. The summed E-state index contributed by atoms with van der Waals surface area (Å²) in [4.78, 5) is 42.5. The van der Waals surface area contributed by atoms with Crippen molar-refractivity contribution in [3.8, 4) is 0 Å². The molecule has 0 unspecified atom stereocenters. The van der Waals surface area contributed by atoms with Crippen molar-refractivity contribution in [3.63, 3.8) is 0 Å². The molecule has 10 heteroatoms. The number of hydrogen-bond donors (Lipinski definition) is 1. The number of halogens is 1. The number of carbonyl (C=O) groups is 4. The van der Waals surface area contributed by atoms with Crippen molar-refractivity contribution in [1.82, 2.24) is 0 Å². The molecule has 0 aliphatic heterocycles. The van der Waals surface area contributed by atoms with E-state index in [9.17, 15) is 19.2 Å².